The molecule has 1 N–H and O–H groups in total. The average molecular weight is 503 g/mol. The standard InChI is InChI=1S/C32H39FN2O2/c33-29-13-7-12-25-15-17-37-22-32(30(25)29)21-34-20-28(32)31(36)35-16-14-26(24-10-5-2-6-11-24)19-27(35)18-23-8-3-1-4-9-23/h2,5-7,10-13,18,26-28,34H,1,3-4,8-9,14-17,19-22H2. The van der Waals surface area contributed by atoms with Gasteiger partial charge in [0.05, 0.1) is 25.2 Å². The zero-order valence-electron chi connectivity index (χ0n) is 21.8. The third-order valence-corrected chi connectivity index (χ3v) is 9.35. The van der Waals surface area contributed by atoms with Crippen LogP contribution in [0.2, 0.25) is 0 Å². The van der Waals surface area contributed by atoms with Crippen molar-refractivity contribution < 1.29 is 13.9 Å². The zero-order chi connectivity index (χ0) is 25.2. The van der Waals surface area contributed by atoms with Crippen LogP contribution < -0.4 is 5.32 Å². The number of benzene rings is 2. The molecule has 196 valence electrons. The van der Waals surface area contributed by atoms with Gasteiger partial charge in [-0.2, -0.15) is 0 Å². The van der Waals surface area contributed by atoms with Crippen LogP contribution >= 0.6 is 0 Å². The fraction of sp³-hybridized carbons (Fsp3) is 0.531. The first-order chi connectivity index (χ1) is 18.2. The van der Waals surface area contributed by atoms with Crippen molar-refractivity contribution in [2.45, 2.75) is 68.7 Å². The molecular weight excluding hydrogens is 463 g/mol. The Hall–Kier alpha value is -2.50. The van der Waals surface area contributed by atoms with Crippen LogP contribution in [0.1, 0.15) is 67.6 Å². The Morgan fingerprint density at radius 3 is 2.73 bits per heavy atom. The molecule has 37 heavy (non-hydrogen) atoms. The fourth-order valence-corrected chi connectivity index (χ4v) is 7.44. The molecule has 2 saturated heterocycles. The second-order valence-corrected chi connectivity index (χ2v) is 11.5. The van der Waals surface area contributed by atoms with Crippen molar-refractivity contribution in [3.63, 3.8) is 0 Å². The minimum atomic E-state index is -0.660. The van der Waals surface area contributed by atoms with E-state index >= 15 is 4.39 Å². The summed E-state index contributed by atoms with van der Waals surface area (Å²) in [6.45, 7) is 2.83. The molecule has 4 atom stereocenters. The molecule has 4 nitrogen and oxygen atoms in total. The number of fused-ring (bicyclic) bond motifs is 2. The summed E-state index contributed by atoms with van der Waals surface area (Å²) < 4.78 is 21.5. The Morgan fingerprint density at radius 2 is 1.89 bits per heavy atom. The van der Waals surface area contributed by atoms with Gasteiger partial charge in [0.2, 0.25) is 5.91 Å². The minimum absolute atomic E-state index is 0.0870. The van der Waals surface area contributed by atoms with Crippen molar-refractivity contribution in [1.29, 1.82) is 0 Å². The number of rotatable bonds is 3. The van der Waals surface area contributed by atoms with Crippen molar-refractivity contribution in [1.82, 2.24) is 10.2 Å². The molecule has 6 rings (SSSR count). The maximum atomic E-state index is 15.4. The quantitative estimate of drug-likeness (QED) is 0.562. The van der Waals surface area contributed by atoms with Crippen LogP contribution in [-0.4, -0.2) is 49.7 Å². The van der Waals surface area contributed by atoms with Crippen LogP contribution in [0.25, 0.3) is 0 Å². The predicted octanol–water partition coefficient (Wildman–Crippen LogP) is 5.52. The summed E-state index contributed by atoms with van der Waals surface area (Å²) in [5.41, 5.74) is 3.91. The highest BCUT2D eigenvalue weighted by Crippen LogP contribution is 2.43. The van der Waals surface area contributed by atoms with Gasteiger partial charge in [0, 0.05) is 30.6 Å². The molecule has 2 aromatic carbocycles. The van der Waals surface area contributed by atoms with E-state index < -0.39 is 5.41 Å². The van der Waals surface area contributed by atoms with Gasteiger partial charge in [-0.1, -0.05) is 60.5 Å². The average Bonchev–Trinajstić information content (AvgIpc) is 3.26. The third kappa shape index (κ3) is 4.77. The molecule has 4 aliphatic rings. The maximum absolute atomic E-state index is 15.4. The lowest BCUT2D eigenvalue weighted by Crippen LogP contribution is -2.53. The predicted molar refractivity (Wildman–Crippen MR) is 144 cm³/mol. The molecular formula is C32H39FN2O2. The Kier molecular flexibility index (Phi) is 7.18. The molecule has 5 heteroatoms. The summed E-state index contributed by atoms with van der Waals surface area (Å²) in [4.78, 5) is 16.6. The van der Waals surface area contributed by atoms with E-state index in [0.29, 0.717) is 44.2 Å². The van der Waals surface area contributed by atoms with Gasteiger partial charge in [-0.15, -0.1) is 0 Å². The maximum Gasteiger partial charge on any atom is 0.228 e. The second-order valence-electron chi connectivity index (χ2n) is 11.5. The number of hydrogen-bond acceptors (Lipinski definition) is 3. The Balaban J connectivity index is 1.33. The van der Waals surface area contributed by atoms with Gasteiger partial charge in [-0.3, -0.25) is 4.79 Å². The van der Waals surface area contributed by atoms with Gasteiger partial charge >= 0.3 is 0 Å². The molecule has 3 heterocycles. The van der Waals surface area contributed by atoms with Gasteiger partial charge in [0.1, 0.15) is 5.82 Å². The van der Waals surface area contributed by atoms with E-state index in [1.54, 1.807) is 12.1 Å². The molecule has 0 aromatic heterocycles. The third-order valence-electron chi connectivity index (χ3n) is 9.35. The van der Waals surface area contributed by atoms with E-state index in [0.717, 1.165) is 37.8 Å². The molecule has 0 bridgehead atoms. The van der Waals surface area contributed by atoms with Gasteiger partial charge < -0.3 is 15.0 Å². The van der Waals surface area contributed by atoms with E-state index in [4.69, 9.17) is 4.74 Å². The number of piperidine rings is 1. The van der Waals surface area contributed by atoms with Crippen molar-refractivity contribution in [3.8, 4) is 0 Å². The number of likely N-dealkylation sites (tertiary alicyclic amines) is 1. The summed E-state index contributed by atoms with van der Waals surface area (Å²) >= 11 is 0. The largest absolute Gasteiger partial charge is 0.380 e. The summed E-state index contributed by atoms with van der Waals surface area (Å²) in [6, 6.07) is 16.2. The Bertz CT molecular complexity index is 1140. The number of carbonyl (C=O) groups excluding carboxylic acids is 1. The zero-order valence-corrected chi connectivity index (χ0v) is 21.8. The van der Waals surface area contributed by atoms with Crippen molar-refractivity contribution in [2.24, 2.45) is 5.92 Å². The van der Waals surface area contributed by atoms with Crippen LogP contribution in [0.15, 0.2) is 60.2 Å². The number of carbonyl (C=O) groups is 1. The van der Waals surface area contributed by atoms with E-state index in [9.17, 15) is 4.79 Å². The molecule has 4 unspecified atom stereocenters. The van der Waals surface area contributed by atoms with E-state index in [-0.39, 0.29) is 23.7 Å². The lowest BCUT2D eigenvalue weighted by atomic mass is 9.70. The first-order valence-corrected chi connectivity index (χ1v) is 14.3. The smallest absolute Gasteiger partial charge is 0.228 e. The van der Waals surface area contributed by atoms with Gasteiger partial charge in [0.25, 0.3) is 0 Å². The second kappa shape index (κ2) is 10.7. The normalized spacial score (nSPS) is 30.1. The molecule has 3 fully saturated rings. The summed E-state index contributed by atoms with van der Waals surface area (Å²) in [5, 5.41) is 3.47. The number of halogens is 1. The molecule has 3 aliphatic heterocycles. The monoisotopic (exact) mass is 502 g/mol. The van der Waals surface area contributed by atoms with Crippen LogP contribution in [0, 0.1) is 11.7 Å². The van der Waals surface area contributed by atoms with Crippen LogP contribution in [0.3, 0.4) is 0 Å². The number of allylic oxidation sites excluding steroid dienone is 1. The molecule has 0 radical (unpaired) electrons. The number of nitrogens with zero attached hydrogens (tertiary/aromatic N) is 1. The number of hydrogen-bond donors (Lipinski definition) is 1. The lowest BCUT2D eigenvalue weighted by molar-refractivity contribution is -0.140. The van der Waals surface area contributed by atoms with Gasteiger partial charge in [0.15, 0.2) is 0 Å². The van der Waals surface area contributed by atoms with Gasteiger partial charge in [-0.25, -0.2) is 4.39 Å². The highest BCUT2D eigenvalue weighted by Gasteiger charge is 2.53. The minimum Gasteiger partial charge on any atom is -0.380 e. The van der Waals surface area contributed by atoms with Crippen molar-refractivity contribution in [2.75, 3.05) is 32.8 Å². The first kappa shape index (κ1) is 24.8. The number of ether oxygens (including phenoxy) is 1. The van der Waals surface area contributed by atoms with Crippen LogP contribution in [-0.2, 0) is 21.4 Å². The number of amides is 1. The van der Waals surface area contributed by atoms with E-state index in [1.807, 2.05) is 6.07 Å². The molecule has 1 saturated carbocycles. The molecule has 1 spiro atoms. The van der Waals surface area contributed by atoms with E-state index in [1.165, 1.54) is 30.4 Å². The summed E-state index contributed by atoms with van der Waals surface area (Å²) in [5.74, 6) is 0.0783. The SMILES string of the molecule is O=C(C1CNCC12COCCc1cccc(F)c12)N1CCC(c2ccccc2)CC1C=C1CCCCC1. The number of nitrogens with one attached hydrogen (secondary N) is 1. The van der Waals surface area contributed by atoms with Crippen molar-refractivity contribution in [3.05, 3.63) is 82.7 Å². The van der Waals surface area contributed by atoms with Gasteiger partial charge in [-0.05, 0) is 68.1 Å². The topological polar surface area (TPSA) is 41.6 Å². The Morgan fingerprint density at radius 1 is 1.05 bits per heavy atom. The lowest BCUT2D eigenvalue weighted by Gasteiger charge is -2.43. The van der Waals surface area contributed by atoms with Crippen molar-refractivity contribution >= 4 is 5.91 Å². The fourth-order valence-electron chi connectivity index (χ4n) is 7.44. The molecule has 1 amide bonds. The highest BCUT2D eigenvalue weighted by molar-refractivity contribution is 5.82. The van der Waals surface area contributed by atoms with Crippen LogP contribution in [0.4, 0.5) is 4.39 Å². The van der Waals surface area contributed by atoms with Crippen LogP contribution in [0.5, 0.6) is 0 Å². The Labute approximate surface area is 220 Å². The highest BCUT2D eigenvalue weighted by atomic mass is 19.1. The molecule has 1 aliphatic carbocycles. The first-order valence-electron chi connectivity index (χ1n) is 14.3. The summed E-state index contributed by atoms with van der Waals surface area (Å²) in [7, 11) is 0. The molecule has 2 aromatic rings. The van der Waals surface area contributed by atoms with E-state index in [2.05, 4.69) is 46.6 Å². The summed E-state index contributed by atoms with van der Waals surface area (Å²) in [6.07, 6.45) is 11.1.